The van der Waals surface area contributed by atoms with E-state index < -0.39 is 61.5 Å². The molecule has 0 bridgehead atoms. The van der Waals surface area contributed by atoms with E-state index in [0.29, 0.717) is 0 Å². The van der Waals surface area contributed by atoms with Gasteiger partial charge in [-0.15, -0.1) is 4.13 Å². The summed E-state index contributed by atoms with van der Waals surface area (Å²) < 4.78 is 75.1. The van der Waals surface area contributed by atoms with Gasteiger partial charge in [-0.1, -0.05) is 19.1 Å². The van der Waals surface area contributed by atoms with Crippen LogP contribution in [0, 0.1) is 5.82 Å². The van der Waals surface area contributed by atoms with Crippen LogP contribution in [-0.4, -0.2) is 45.6 Å². The van der Waals surface area contributed by atoms with E-state index in [1.54, 1.807) is 0 Å². The fourth-order valence-electron chi connectivity index (χ4n) is 2.05. The van der Waals surface area contributed by atoms with E-state index in [4.69, 9.17) is 5.11 Å². The third kappa shape index (κ3) is 6.13. The first-order valence-electron chi connectivity index (χ1n) is 6.86. The number of nitrogens with one attached hydrogen (secondary N) is 1. The first kappa shape index (κ1) is 20.5. The van der Waals surface area contributed by atoms with Gasteiger partial charge in [-0.3, -0.25) is 0 Å². The Morgan fingerprint density at radius 3 is 2.42 bits per heavy atom. The SMILES string of the molecule is CCCS(=O)(=O)NS(=O)(=O)CC(F)Cc1cccc(F)c1C(=O)O. The fourth-order valence-corrected chi connectivity index (χ4v) is 5.34. The van der Waals surface area contributed by atoms with Crippen molar-refractivity contribution in [3.05, 3.63) is 35.1 Å². The van der Waals surface area contributed by atoms with Crippen molar-refractivity contribution in [1.82, 2.24) is 4.13 Å². The molecule has 1 aromatic carbocycles. The van der Waals surface area contributed by atoms with Gasteiger partial charge in [-0.05, 0) is 18.1 Å². The number of hydrogen-bond donors (Lipinski definition) is 2. The number of aromatic carboxylic acids is 1. The molecule has 136 valence electrons. The second-order valence-corrected chi connectivity index (χ2v) is 8.93. The molecule has 0 saturated carbocycles. The molecule has 1 atom stereocenters. The van der Waals surface area contributed by atoms with Gasteiger partial charge in [-0.25, -0.2) is 30.4 Å². The van der Waals surface area contributed by atoms with Crippen LogP contribution in [0.25, 0.3) is 0 Å². The lowest BCUT2D eigenvalue weighted by Gasteiger charge is -2.12. The van der Waals surface area contributed by atoms with E-state index in [9.17, 15) is 30.4 Å². The summed E-state index contributed by atoms with van der Waals surface area (Å²) in [6, 6.07) is 3.21. The van der Waals surface area contributed by atoms with Crippen LogP contribution in [0.5, 0.6) is 0 Å². The molecule has 1 rings (SSSR count). The Kier molecular flexibility index (Phi) is 6.81. The third-order valence-corrected chi connectivity index (χ3v) is 6.66. The maximum Gasteiger partial charge on any atom is 0.338 e. The maximum atomic E-state index is 14.0. The van der Waals surface area contributed by atoms with E-state index in [-0.39, 0.29) is 12.0 Å². The normalized spacial score (nSPS) is 13.6. The first-order chi connectivity index (χ1) is 11.0. The molecule has 0 aliphatic carbocycles. The number of sulfonamides is 2. The number of carboxylic acids is 1. The molecular formula is C13H17F2NO6S2. The molecule has 7 nitrogen and oxygen atoms in total. The van der Waals surface area contributed by atoms with Gasteiger partial charge in [0.2, 0.25) is 20.0 Å². The quantitative estimate of drug-likeness (QED) is 0.656. The van der Waals surface area contributed by atoms with Crippen LogP contribution in [0.15, 0.2) is 18.2 Å². The second kappa shape index (κ2) is 7.99. The highest BCUT2D eigenvalue weighted by molar-refractivity contribution is 8.04. The molecule has 1 aromatic rings. The van der Waals surface area contributed by atoms with Crippen LogP contribution in [0.2, 0.25) is 0 Å². The molecule has 0 saturated heterocycles. The van der Waals surface area contributed by atoms with Crippen molar-refractivity contribution >= 4 is 26.0 Å². The largest absolute Gasteiger partial charge is 0.478 e. The molecule has 2 N–H and O–H groups in total. The second-order valence-electron chi connectivity index (χ2n) is 5.06. The van der Waals surface area contributed by atoms with Gasteiger partial charge < -0.3 is 5.11 Å². The van der Waals surface area contributed by atoms with Crippen LogP contribution in [-0.2, 0) is 26.5 Å². The number of carboxylic acid groups (broad SMARTS) is 1. The Hall–Kier alpha value is -1.59. The summed E-state index contributed by atoms with van der Waals surface area (Å²) in [4.78, 5) is 11.0. The zero-order chi connectivity index (χ0) is 18.5. The Bertz CT molecular complexity index is 808. The number of alkyl halides is 1. The highest BCUT2D eigenvalue weighted by Gasteiger charge is 2.26. The zero-order valence-corrected chi connectivity index (χ0v) is 14.3. The minimum absolute atomic E-state index is 0.176. The van der Waals surface area contributed by atoms with E-state index >= 15 is 0 Å². The molecule has 0 amide bonds. The van der Waals surface area contributed by atoms with Crippen LogP contribution in [0.3, 0.4) is 0 Å². The predicted molar refractivity (Wildman–Crippen MR) is 83.0 cm³/mol. The summed E-state index contributed by atoms with van der Waals surface area (Å²) in [7, 11) is -8.57. The molecule has 24 heavy (non-hydrogen) atoms. The van der Waals surface area contributed by atoms with Crippen molar-refractivity contribution in [2.24, 2.45) is 0 Å². The maximum absolute atomic E-state index is 14.0. The highest BCUT2D eigenvalue weighted by Crippen LogP contribution is 2.17. The minimum atomic E-state index is -4.48. The highest BCUT2D eigenvalue weighted by atomic mass is 32.3. The van der Waals surface area contributed by atoms with Gasteiger partial charge in [0.15, 0.2) is 0 Å². The van der Waals surface area contributed by atoms with Crippen molar-refractivity contribution in [1.29, 1.82) is 0 Å². The summed E-state index contributed by atoms with van der Waals surface area (Å²) >= 11 is 0. The van der Waals surface area contributed by atoms with Crippen molar-refractivity contribution in [3.63, 3.8) is 0 Å². The molecule has 11 heteroatoms. The van der Waals surface area contributed by atoms with Crippen molar-refractivity contribution in [2.45, 2.75) is 25.9 Å². The van der Waals surface area contributed by atoms with Gasteiger partial charge in [0.25, 0.3) is 0 Å². The summed E-state index contributed by atoms with van der Waals surface area (Å²) in [6.07, 6.45) is -2.62. The predicted octanol–water partition coefficient (Wildman–Crippen LogP) is 1.06. The van der Waals surface area contributed by atoms with Gasteiger partial charge >= 0.3 is 5.97 Å². The van der Waals surface area contributed by atoms with E-state index in [2.05, 4.69) is 0 Å². The van der Waals surface area contributed by atoms with Crippen LogP contribution >= 0.6 is 0 Å². The summed E-state index contributed by atoms with van der Waals surface area (Å²) in [5, 5.41) is 8.93. The van der Waals surface area contributed by atoms with E-state index in [1.165, 1.54) is 17.1 Å². The molecule has 0 aromatic heterocycles. The fraction of sp³-hybridized carbons (Fsp3) is 0.462. The van der Waals surface area contributed by atoms with Crippen LogP contribution in [0.4, 0.5) is 8.78 Å². The van der Waals surface area contributed by atoms with Crippen molar-refractivity contribution in [3.8, 4) is 0 Å². The number of halogens is 2. The van der Waals surface area contributed by atoms with Crippen LogP contribution in [0.1, 0.15) is 29.3 Å². The molecular weight excluding hydrogens is 368 g/mol. The first-order valence-corrected chi connectivity index (χ1v) is 10.2. The van der Waals surface area contributed by atoms with E-state index in [1.807, 2.05) is 0 Å². The summed E-state index contributed by atoms with van der Waals surface area (Å²) in [6.45, 7) is 1.53. The lowest BCUT2D eigenvalue weighted by molar-refractivity contribution is 0.0690. The Labute approximate surface area is 138 Å². The molecule has 0 radical (unpaired) electrons. The molecule has 1 unspecified atom stereocenters. The monoisotopic (exact) mass is 385 g/mol. The zero-order valence-electron chi connectivity index (χ0n) is 12.7. The van der Waals surface area contributed by atoms with Gasteiger partial charge in [0, 0.05) is 6.42 Å². The number of carbonyl (C=O) groups is 1. The molecule has 0 fully saturated rings. The number of hydrogen-bond acceptors (Lipinski definition) is 5. The average Bonchev–Trinajstić information content (AvgIpc) is 2.35. The van der Waals surface area contributed by atoms with Crippen molar-refractivity contribution < 1.29 is 35.5 Å². The Morgan fingerprint density at radius 1 is 1.25 bits per heavy atom. The molecule has 0 heterocycles. The third-order valence-electron chi connectivity index (χ3n) is 2.88. The summed E-state index contributed by atoms with van der Waals surface area (Å²) in [5.74, 6) is -4.30. The standard InChI is InChI=1S/C13H17F2NO6S2/c1-2-6-23(19,20)16-24(21,22)8-10(14)7-9-4-3-5-11(15)12(9)13(17)18/h3-5,10,16H,2,6-8H2,1H3,(H,17,18). The number of rotatable bonds is 9. The van der Waals surface area contributed by atoms with Gasteiger partial charge in [0.05, 0.1) is 17.1 Å². The lowest BCUT2D eigenvalue weighted by Crippen LogP contribution is -2.37. The smallest absolute Gasteiger partial charge is 0.338 e. The van der Waals surface area contributed by atoms with Gasteiger partial charge in [-0.2, -0.15) is 0 Å². The lowest BCUT2D eigenvalue weighted by atomic mass is 10.0. The average molecular weight is 385 g/mol. The topological polar surface area (TPSA) is 118 Å². The Balaban J connectivity index is 2.89. The van der Waals surface area contributed by atoms with Crippen molar-refractivity contribution in [2.75, 3.05) is 11.5 Å². The molecule has 0 aliphatic rings. The molecule has 0 spiro atoms. The minimum Gasteiger partial charge on any atom is -0.478 e. The van der Waals surface area contributed by atoms with E-state index in [0.717, 1.165) is 12.1 Å². The summed E-state index contributed by atoms with van der Waals surface area (Å²) in [5.41, 5.74) is -0.967. The van der Waals surface area contributed by atoms with Gasteiger partial charge in [0.1, 0.15) is 12.0 Å². The molecule has 0 aliphatic heterocycles. The van der Waals surface area contributed by atoms with Crippen LogP contribution < -0.4 is 4.13 Å². The Morgan fingerprint density at radius 2 is 1.88 bits per heavy atom. The number of benzene rings is 1.